The maximum absolute atomic E-state index is 5.21. The minimum Gasteiger partial charge on any atom is -0.122 e. The lowest BCUT2D eigenvalue weighted by atomic mass is 9.03. The van der Waals surface area contributed by atoms with Crippen molar-refractivity contribution in [1.29, 1.82) is 0 Å². The Morgan fingerprint density at radius 2 is 1.56 bits per heavy atom. The molecule has 0 spiro atoms. The first-order valence-corrected chi connectivity index (χ1v) is 5.49. The molecule has 8 heteroatoms. The van der Waals surface area contributed by atoms with E-state index < -0.39 is 0 Å². The van der Waals surface area contributed by atoms with Crippen LogP contribution in [0, 0.1) is 0 Å². The van der Waals surface area contributed by atoms with Crippen LogP contribution in [0.5, 0.6) is 0 Å². The lowest BCUT2D eigenvalue weighted by molar-refractivity contribution is 1.40. The topological polar surface area (TPSA) is 0 Å². The van der Waals surface area contributed by atoms with E-state index in [1.165, 1.54) is 5.56 Å². The molecular weight excluding hydrogens is 183 g/mol. The standard InChI is InChI=1S/C8H9B8/c9-13-14-11-7-12-16-15-10-6-8-4-2-1-3-5-8/h1-5H,6-7H2. The van der Waals surface area contributed by atoms with Gasteiger partial charge in [0, 0.05) is 50.3 Å². The molecule has 0 saturated carbocycles. The average Bonchev–Trinajstić information content (AvgIpc) is 2.34. The smallest absolute Gasteiger partial charge is 0.0603 e. The van der Waals surface area contributed by atoms with Crippen LogP contribution in [0.3, 0.4) is 0 Å². The summed E-state index contributed by atoms with van der Waals surface area (Å²) in [6, 6.07) is 10.4. The second kappa shape index (κ2) is 9.93. The van der Waals surface area contributed by atoms with Crippen molar-refractivity contribution in [3.05, 3.63) is 35.9 Å². The highest BCUT2D eigenvalue weighted by atomic mass is 13.8. The van der Waals surface area contributed by atoms with Crippen molar-refractivity contribution < 1.29 is 0 Å². The summed E-state index contributed by atoms with van der Waals surface area (Å²) in [4.78, 5) is 0. The molecule has 0 fully saturated rings. The van der Waals surface area contributed by atoms with E-state index in [9.17, 15) is 0 Å². The van der Waals surface area contributed by atoms with E-state index in [1.54, 1.807) is 7.06 Å². The van der Waals surface area contributed by atoms with Crippen LogP contribution in [0.1, 0.15) is 5.56 Å². The monoisotopic (exact) mass is 193 g/mol. The Bertz CT molecular complexity index is 253. The third kappa shape index (κ3) is 7.09. The fourth-order valence-electron chi connectivity index (χ4n) is 1.29. The molecular formula is C8H9B8. The number of rotatable bonds is 9. The van der Waals surface area contributed by atoms with Gasteiger partial charge in [-0.1, -0.05) is 42.2 Å². The van der Waals surface area contributed by atoms with Crippen LogP contribution >= 0.6 is 0 Å². The van der Waals surface area contributed by atoms with Gasteiger partial charge in [-0.2, -0.15) is 0 Å². The van der Waals surface area contributed by atoms with E-state index in [0.29, 0.717) is 0 Å². The lowest BCUT2D eigenvalue weighted by Gasteiger charge is -1.99. The highest BCUT2D eigenvalue weighted by molar-refractivity contribution is 7.47. The zero-order valence-corrected chi connectivity index (χ0v) is 9.42. The normalized spacial score (nSPS) is 8.75. The Morgan fingerprint density at radius 1 is 0.875 bits per heavy atom. The Hall–Kier alpha value is -0.261. The van der Waals surface area contributed by atoms with E-state index in [4.69, 9.17) is 7.74 Å². The molecule has 0 nitrogen and oxygen atoms in total. The molecule has 16 heavy (non-hydrogen) atoms. The van der Waals surface area contributed by atoms with Crippen molar-refractivity contribution in [2.75, 3.05) is 0 Å². The van der Waals surface area contributed by atoms with Crippen molar-refractivity contribution >= 4 is 57.5 Å². The molecule has 0 amide bonds. The van der Waals surface area contributed by atoms with Crippen molar-refractivity contribution in [2.45, 2.75) is 12.5 Å². The van der Waals surface area contributed by atoms with Crippen LogP contribution in [0.4, 0.5) is 0 Å². The van der Waals surface area contributed by atoms with E-state index in [0.717, 1.165) is 12.5 Å². The summed E-state index contributed by atoms with van der Waals surface area (Å²) >= 11 is 0. The summed E-state index contributed by atoms with van der Waals surface area (Å²) in [5.74, 6) is 0. The van der Waals surface area contributed by atoms with Crippen LogP contribution in [0.2, 0.25) is 6.22 Å². The zero-order valence-electron chi connectivity index (χ0n) is 9.42. The van der Waals surface area contributed by atoms with Crippen LogP contribution in [-0.4, -0.2) is 57.5 Å². The fourth-order valence-corrected chi connectivity index (χ4v) is 1.29. The van der Waals surface area contributed by atoms with Crippen molar-refractivity contribution in [3.8, 4) is 0 Å². The summed E-state index contributed by atoms with van der Waals surface area (Å²) < 4.78 is 0. The molecule has 0 N–H and O–H groups in total. The van der Waals surface area contributed by atoms with Gasteiger partial charge in [0.25, 0.3) is 0 Å². The molecule has 0 saturated heterocycles. The number of hydrogen-bond acceptors (Lipinski definition) is 0. The molecule has 65 valence electrons. The molecule has 0 aliphatic rings. The third-order valence-corrected chi connectivity index (χ3v) is 2.10. The lowest BCUT2D eigenvalue weighted by Crippen LogP contribution is -2.23. The molecule has 0 unspecified atom stereocenters. The molecule has 1 aromatic carbocycles. The molecule has 0 aliphatic heterocycles. The molecule has 0 bridgehead atoms. The van der Waals surface area contributed by atoms with Gasteiger partial charge < -0.3 is 0 Å². The first-order chi connectivity index (χ1) is 7.93. The van der Waals surface area contributed by atoms with Gasteiger partial charge in [0.15, 0.2) is 0 Å². The molecule has 9 radical (unpaired) electrons. The predicted octanol–water partition coefficient (Wildman–Crippen LogP) is -0.850. The summed E-state index contributed by atoms with van der Waals surface area (Å²) in [7, 11) is 19.0. The van der Waals surface area contributed by atoms with Gasteiger partial charge >= 0.3 is 0 Å². The van der Waals surface area contributed by atoms with Crippen LogP contribution < -0.4 is 0 Å². The van der Waals surface area contributed by atoms with E-state index in [-0.39, 0.29) is 0 Å². The average molecular weight is 192 g/mol. The molecule has 0 heterocycles. The second-order valence-electron chi connectivity index (χ2n) is 3.40. The maximum atomic E-state index is 5.21. The summed E-state index contributed by atoms with van der Waals surface area (Å²) in [6.45, 7) is 0. The van der Waals surface area contributed by atoms with Gasteiger partial charge in [-0.25, -0.2) is 0 Å². The van der Waals surface area contributed by atoms with Gasteiger partial charge in [0.2, 0.25) is 0 Å². The van der Waals surface area contributed by atoms with Gasteiger partial charge in [0.1, 0.15) is 0 Å². The van der Waals surface area contributed by atoms with E-state index >= 15 is 0 Å². The molecule has 0 atom stereocenters. The van der Waals surface area contributed by atoms with Crippen molar-refractivity contribution in [2.24, 2.45) is 0 Å². The first kappa shape index (κ1) is 13.8. The van der Waals surface area contributed by atoms with Gasteiger partial charge in [-0.05, 0) is 0 Å². The van der Waals surface area contributed by atoms with E-state index in [2.05, 4.69) is 52.7 Å². The highest BCUT2D eigenvalue weighted by Gasteiger charge is 1.97. The molecule has 1 rings (SSSR count). The number of hydrogen-bond donors (Lipinski definition) is 0. The SMILES string of the molecule is [B][B][B][B]C[B][B][B][B]Cc1ccccc1. The number of benzene rings is 1. The van der Waals surface area contributed by atoms with Crippen molar-refractivity contribution in [3.63, 3.8) is 0 Å². The first-order valence-electron chi connectivity index (χ1n) is 5.49. The minimum absolute atomic E-state index is 0.920. The van der Waals surface area contributed by atoms with Gasteiger partial charge in [0.05, 0.1) is 7.17 Å². The quantitative estimate of drug-likeness (QED) is 0.353. The Kier molecular flexibility index (Phi) is 8.57. The second-order valence-corrected chi connectivity index (χ2v) is 3.40. The summed E-state index contributed by atoms with van der Waals surface area (Å²) in [6.07, 6.45) is 1.90. The molecule has 0 aromatic heterocycles. The maximum Gasteiger partial charge on any atom is 0.0603 e. The largest absolute Gasteiger partial charge is 0.122 e. The van der Waals surface area contributed by atoms with Gasteiger partial charge in [-0.3, -0.25) is 0 Å². The van der Waals surface area contributed by atoms with Crippen LogP contribution in [0.15, 0.2) is 30.3 Å². The predicted molar refractivity (Wildman–Crippen MR) is 81.0 cm³/mol. The van der Waals surface area contributed by atoms with E-state index in [1.807, 2.05) is 20.3 Å². The molecule has 1 aromatic rings. The summed E-state index contributed by atoms with van der Waals surface area (Å²) in [5, 5.41) is 0. The third-order valence-electron chi connectivity index (χ3n) is 2.10. The van der Waals surface area contributed by atoms with Crippen LogP contribution in [-0.2, 0) is 6.32 Å². The van der Waals surface area contributed by atoms with Gasteiger partial charge in [-0.15, -0.1) is 6.22 Å². The Labute approximate surface area is 106 Å². The minimum atomic E-state index is 0.920. The van der Waals surface area contributed by atoms with Crippen LogP contribution in [0.25, 0.3) is 0 Å². The Morgan fingerprint density at radius 3 is 2.31 bits per heavy atom. The van der Waals surface area contributed by atoms with Crippen molar-refractivity contribution in [1.82, 2.24) is 0 Å². The summed E-state index contributed by atoms with van der Waals surface area (Å²) in [5.41, 5.74) is 1.34. The molecule has 0 aliphatic carbocycles. The fraction of sp³-hybridized carbons (Fsp3) is 0.250. The Balaban J connectivity index is 1.89. The highest BCUT2D eigenvalue weighted by Crippen LogP contribution is 1.97. The zero-order chi connectivity index (χ0) is 11.5.